The maximum atomic E-state index is 11.9. The normalized spacial score (nSPS) is 16.3. The van der Waals surface area contributed by atoms with Crippen LogP contribution in [0.5, 0.6) is 0 Å². The summed E-state index contributed by atoms with van der Waals surface area (Å²) in [6, 6.07) is 7.28. The van der Waals surface area contributed by atoms with Crippen molar-refractivity contribution < 1.29 is 9.32 Å². The largest absolute Gasteiger partial charge is 0.356 e. The van der Waals surface area contributed by atoms with Crippen molar-refractivity contribution in [2.75, 3.05) is 19.6 Å². The molecule has 1 unspecified atom stereocenters. The Balaban J connectivity index is 0.00000243. The van der Waals surface area contributed by atoms with Gasteiger partial charge in [0.05, 0.1) is 0 Å². The Morgan fingerprint density at radius 3 is 2.88 bits per heavy atom. The van der Waals surface area contributed by atoms with Crippen LogP contribution in [0.1, 0.15) is 31.6 Å². The van der Waals surface area contributed by atoms with Gasteiger partial charge in [-0.2, -0.15) is 4.98 Å². The third kappa shape index (κ3) is 6.27. The first-order valence-electron chi connectivity index (χ1n) is 8.76. The molecule has 1 aliphatic rings. The zero-order chi connectivity index (χ0) is 17.5. The van der Waals surface area contributed by atoms with E-state index in [9.17, 15) is 4.79 Å². The Hall–Kier alpha value is -1.63. The van der Waals surface area contributed by atoms with Gasteiger partial charge in [-0.25, -0.2) is 0 Å². The number of carbonyl (C=O) groups is 1. The molecule has 1 atom stereocenters. The molecule has 0 bridgehead atoms. The molecule has 1 saturated heterocycles. The number of aryl methyl sites for hydroxylation is 1. The number of halogens is 2. The van der Waals surface area contributed by atoms with Gasteiger partial charge in [0.1, 0.15) is 0 Å². The fourth-order valence-corrected chi connectivity index (χ4v) is 3.06. The average Bonchev–Trinajstić information content (AvgIpc) is 3.28. The maximum absolute atomic E-state index is 11.9. The number of hydrogen-bond acceptors (Lipinski definition) is 5. The van der Waals surface area contributed by atoms with E-state index in [0.717, 1.165) is 31.6 Å². The molecule has 1 amide bonds. The van der Waals surface area contributed by atoms with Crippen molar-refractivity contribution in [1.29, 1.82) is 0 Å². The highest BCUT2D eigenvalue weighted by molar-refractivity contribution is 6.30. The van der Waals surface area contributed by atoms with Crippen LogP contribution in [0.3, 0.4) is 0 Å². The molecule has 1 aromatic carbocycles. The number of nitrogens with zero attached hydrogens (tertiary/aromatic N) is 2. The summed E-state index contributed by atoms with van der Waals surface area (Å²) < 4.78 is 5.25. The Morgan fingerprint density at radius 2 is 2.15 bits per heavy atom. The van der Waals surface area contributed by atoms with Gasteiger partial charge >= 0.3 is 0 Å². The Morgan fingerprint density at radius 1 is 1.35 bits per heavy atom. The van der Waals surface area contributed by atoms with Gasteiger partial charge in [-0.05, 0) is 62.5 Å². The standard InChI is InChI=1S/C18H23ClN4O2.ClH/c19-15-6-4-14(5-7-15)18-22-17(25-23-18)3-1-2-16(24)21-11-9-13-8-10-20-12-13;/h4-7,13,20H,1-3,8-12H2,(H,21,24);1H. The number of carbonyl (C=O) groups excluding carboxylic acids is 1. The van der Waals surface area contributed by atoms with Crippen molar-refractivity contribution in [3.8, 4) is 11.4 Å². The van der Waals surface area contributed by atoms with Gasteiger partial charge in [-0.1, -0.05) is 16.8 Å². The Labute approximate surface area is 164 Å². The summed E-state index contributed by atoms with van der Waals surface area (Å²) in [5.74, 6) is 1.88. The number of hydrogen-bond donors (Lipinski definition) is 2. The quantitative estimate of drug-likeness (QED) is 0.713. The fourth-order valence-electron chi connectivity index (χ4n) is 2.94. The van der Waals surface area contributed by atoms with Gasteiger partial charge in [0, 0.05) is 30.0 Å². The molecular formula is C18H24Cl2N4O2. The van der Waals surface area contributed by atoms with Crippen molar-refractivity contribution in [3.63, 3.8) is 0 Å². The van der Waals surface area contributed by atoms with Gasteiger partial charge in [0.15, 0.2) is 0 Å². The molecule has 2 aromatic rings. The van der Waals surface area contributed by atoms with E-state index >= 15 is 0 Å². The zero-order valence-electron chi connectivity index (χ0n) is 14.5. The fraction of sp³-hybridized carbons (Fsp3) is 0.500. The van der Waals surface area contributed by atoms with Crippen LogP contribution in [0.15, 0.2) is 28.8 Å². The average molecular weight is 399 g/mol. The van der Waals surface area contributed by atoms with Crippen molar-refractivity contribution in [1.82, 2.24) is 20.8 Å². The summed E-state index contributed by atoms with van der Waals surface area (Å²) in [6.45, 7) is 2.93. The lowest BCUT2D eigenvalue weighted by Crippen LogP contribution is -2.26. The first-order chi connectivity index (χ1) is 12.2. The van der Waals surface area contributed by atoms with E-state index in [1.54, 1.807) is 12.1 Å². The predicted octanol–water partition coefficient (Wildman–Crippen LogP) is 3.25. The van der Waals surface area contributed by atoms with Crippen molar-refractivity contribution in [2.45, 2.75) is 32.1 Å². The highest BCUT2D eigenvalue weighted by atomic mass is 35.5. The van der Waals surface area contributed by atoms with Crippen LogP contribution in [0.25, 0.3) is 11.4 Å². The number of nitrogens with one attached hydrogen (secondary N) is 2. The summed E-state index contributed by atoms with van der Waals surface area (Å²) in [7, 11) is 0. The lowest BCUT2D eigenvalue weighted by atomic mass is 10.1. The molecule has 1 aliphatic heterocycles. The second-order valence-corrected chi connectivity index (χ2v) is 6.81. The van der Waals surface area contributed by atoms with Gasteiger partial charge in [0.25, 0.3) is 0 Å². The summed E-state index contributed by atoms with van der Waals surface area (Å²) in [5, 5.41) is 11.0. The molecule has 6 nitrogen and oxygen atoms in total. The second kappa shape index (κ2) is 10.5. The molecule has 3 rings (SSSR count). The second-order valence-electron chi connectivity index (χ2n) is 6.37. The minimum absolute atomic E-state index is 0. The highest BCUT2D eigenvalue weighted by Gasteiger charge is 2.14. The van der Waals surface area contributed by atoms with Crippen LogP contribution in [0.4, 0.5) is 0 Å². The minimum Gasteiger partial charge on any atom is -0.356 e. The summed E-state index contributed by atoms with van der Waals surface area (Å²) >= 11 is 5.87. The van der Waals surface area contributed by atoms with Crippen LogP contribution in [-0.4, -0.2) is 35.7 Å². The zero-order valence-corrected chi connectivity index (χ0v) is 16.1. The summed E-state index contributed by atoms with van der Waals surface area (Å²) in [5.41, 5.74) is 0.860. The van der Waals surface area contributed by atoms with Gasteiger partial charge in [-0.15, -0.1) is 12.4 Å². The Kier molecular flexibility index (Phi) is 8.35. The molecule has 142 valence electrons. The van der Waals surface area contributed by atoms with E-state index in [1.165, 1.54) is 6.42 Å². The molecule has 1 aromatic heterocycles. The topological polar surface area (TPSA) is 80.0 Å². The summed E-state index contributed by atoms with van der Waals surface area (Å²) in [4.78, 5) is 16.2. The van der Waals surface area contributed by atoms with Crippen molar-refractivity contribution in [2.24, 2.45) is 5.92 Å². The van der Waals surface area contributed by atoms with Crippen LogP contribution in [0, 0.1) is 5.92 Å². The molecule has 0 spiro atoms. The molecule has 26 heavy (non-hydrogen) atoms. The van der Waals surface area contributed by atoms with Gasteiger partial charge < -0.3 is 15.2 Å². The van der Waals surface area contributed by atoms with Crippen LogP contribution >= 0.6 is 24.0 Å². The predicted molar refractivity (Wildman–Crippen MR) is 104 cm³/mol. The molecular weight excluding hydrogens is 375 g/mol. The van der Waals surface area contributed by atoms with E-state index in [4.69, 9.17) is 16.1 Å². The molecule has 8 heteroatoms. The van der Waals surface area contributed by atoms with Gasteiger partial charge in [-0.3, -0.25) is 4.79 Å². The van der Waals surface area contributed by atoms with Crippen molar-refractivity contribution >= 4 is 29.9 Å². The molecule has 2 heterocycles. The van der Waals surface area contributed by atoms with E-state index in [1.807, 2.05) is 12.1 Å². The SMILES string of the molecule is Cl.O=C(CCCc1nc(-c2ccc(Cl)cc2)no1)NCCC1CCNC1. The van der Waals surface area contributed by atoms with E-state index in [-0.39, 0.29) is 18.3 Å². The Bertz CT molecular complexity index is 685. The lowest BCUT2D eigenvalue weighted by molar-refractivity contribution is -0.121. The minimum atomic E-state index is 0. The van der Waals surface area contributed by atoms with Crippen LogP contribution in [0.2, 0.25) is 5.02 Å². The molecule has 0 saturated carbocycles. The van der Waals surface area contributed by atoms with Crippen LogP contribution < -0.4 is 10.6 Å². The van der Waals surface area contributed by atoms with Crippen molar-refractivity contribution in [3.05, 3.63) is 35.2 Å². The number of benzene rings is 1. The highest BCUT2D eigenvalue weighted by Crippen LogP contribution is 2.19. The third-order valence-electron chi connectivity index (χ3n) is 4.40. The van der Waals surface area contributed by atoms with Gasteiger partial charge in [0.2, 0.25) is 17.6 Å². The van der Waals surface area contributed by atoms with E-state index in [2.05, 4.69) is 20.8 Å². The molecule has 1 fully saturated rings. The molecule has 0 aliphatic carbocycles. The lowest BCUT2D eigenvalue weighted by Gasteiger charge is -2.08. The monoisotopic (exact) mass is 398 g/mol. The van der Waals surface area contributed by atoms with E-state index in [0.29, 0.717) is 41.9 Å². The smallest absolute Gasteiger partial charge is 0.226 e. The maximum Gasteiger partial charge on any atom is 0.226 e. The molecule has 2 N–H and O–H groups in total. The summed E-state index contributed by atoms with van der Waals surface area (Å²) in [6.07, 6.45) is 4.02. The number of amides is 1. The first-order valence-corrected chi connectivity index (χ1v) is 9.14. The number of rotatable bonds is 8. The third-order valence-corrected chi connectivity index (χ3v) is 4.65. The molecule has 0 radical (unpaired) electrons. The first kappa shape index (κ1) is 20.7. The van der Waals surface area contributed by atoms with E-state index < -0.39 is 0 Å². The number of aromatic nitrogens is 2. The van der Waals surface area contributed by atoms with Crippen LogP contribution in [-0.2, 0) is 11.2 Å².